The summed E-state index contributed by atoms with van der Waals surface area (Å²) in [6.07, 6.45) is 1.76. The average molecular weight is 121 g/mol. The molecule has 4 N–H and O–H groups in total. The van der Waals surface area contributed by atoms with Gasteiger partial charge in [-0.15, -0.1) is 5.10 Å². The highest BCUT2D eigenvalue weighted by Gasteiger charge is 1.80. The first kappa shape index (κ1) is 6.58. The molecular weight excluding hydrogens is 114 g/mol. The minimum absolute atomic E-state index is 0.308. The smallest absolute Gasteiger partial charge is 0.179 e. The van der Waals surface area contributed by atoms with Gasteiger partial charge in [-0.2, -0.15) is 5.59 Å². The van der Waals surface area contributed by atoms with E-state index in [2.05, 4.69) is 5.10 Å². The molecule has 0 saturated heterocycles. The van der Waals surface area contributed by atoms with Gasteiger partial charge in [0.05, 0.1) is 0 Å². The van der Waals surface area contributed by atoms with Gasteiger partial charge in [-0.05, 0) is 6.26 Å². The van der Waals surface area contributed by atoms with Crippen LogP contribution in [0.4, 0.5) is 0 Å². The summed E-state index contributed by atoms with van der Waals surface area (Å²) in [5.41, 5.74) is 6.63. The van der Waals surface area contributed by atoms with Crippen LogP contribution in [0.25, 0.3) is 0 Å². The molecule has 0 aromatic heterocycles. The van der Waals surface area contributed by atoms with Gasteiger partial charge < -0.3 is 5.73 Å². The van der Waals surface area contributed by atoms with Gasteiger partial charge in [0.25, 0.3) is 0 Å². The maximum absolute atomic E-state index is 7.84. The maximum Gasteiger partial charge on any atom is 0.179 e. The second kappa shape index (κ2) is 3.76. The van der Waals surface area contributed by atoms with Crippen LogP contribution < -0.4 is 11.3 Å². The topological polar surface area (TPSA) is 70.6 Å². The molecule has 0 saturated carbocycles. The fraction of sp³-hybridized carbons (Fsp3) is 0.500. The Morgan fingerprint density at radius 2 is 2.57 bits per heavy atom. The fourth-order valence-corrected chi connectivity index (χ4v) is 0.227. The van der Waals surface area contributed by atoms with Gasteiger partial charge in [-0.3, -0.25) is 5.21 Å². The van der Waals surface area contributed by atoms with Crippen molar-refractivity contribution in [3.8, 4) is 0 Å². The van der Waals surface area contributed by atoms with Crippen molar-refractivity contribution in [3.63, 3.8) is 0 Å². The second-order valence-electron chi connectivity index (χ2n) is 0.754. The van der Waals surface area contributed by atoms with Crippen LogP contribution in [0.2, 0.25) is 0 Å². The molecule has 4 nitrogen and oxygen atoms in total. The van der Waals surface area contributed by atoms with Gasteiger partial charge in [-0.1, -0.05) is 11.8 Å². The van der Waals surface area contributed by atoms with E-state index in [-0.39, 0.29) is 0 Å². The van der Waals surface area contributed by atoms with E-state index in [4.69, 9.17) is 10.9 Å². The lowest BCUT2D eigenvalue weighted by atomic mass is 11.4. The van der Waals surface area contributed by atoms with E-state index >= 15 is 0 Å². The third-order valence-corrected chi connectivity index (χ3v) is 0.879. The summed E-state index contributed by atoms with van der Waals surface area (Å²) in [7, 11) is 0. The van der Waals surface area contributed by atoms with Gasteiger partial charge in [0.1, 0.15) is 0 Å². The highest BCUT2D eigenvalue weighted by Crippen LogP contribution is 1.86. The number of nitrogens with zero attached hydrogens (tertiary/aromatic N) is 1. The predicted molar refractivity (Wildman–Crippen MR) is 30.1 cm³/mol. The molecule has 0 bridgehead atoms. The minimum atomic E-state index is 0.308. The quantitative estimate of drug-likeness (QED) is 0.250. The highest BCUT2D eigenvalue weighted by molar-refractivity contribution is 8.13. The van der Waals surface area contributed by atoms with E-state index in [9.17, 15) is 0 Å². The Morgan fingerprint density at radius 1 is 2.00 bits per heavy atom. The molecule has 0 aromatic carbocycles. The highest BCUT2D eigenvalue weighted by atomic mass is 32.2. The van der Waals surface area contributed by atoms with Crippen LogP contribution in [0.15, 0.2) is 5.10 Å². The largest absolute Gasteiger partial charge is 0.377 e. The van der Waals surface area contributed by atoms with Crippen LogP contribution >= 0.6 is 11.8 Å². The molecule has 0 radical (unpaired) electrons. The number of hydrogen-bond donors (Lipinski definition) is 3. The third-order valence-electron chi connectivity index (χ3n) is 0.369. The van der Waals surface area contributed by atoms with E-state index in [0.717, 1.165) is 0 Å². The summed E-state index contributed by atoms with van der Waals surface area (Å²) in [5, 5.41) is 11.4. The fourth-order valence-electron chi connectivity index (χ4n) is 0.0949. The molecule has 7 heavy (non-hydrogen) atoms. The molecule has 0 spiro atoms. The van der Waals surface area contributed by atoms with Crippen LogP contribution in [-0.2, 0) is 0 Å². The average Bonchev–Trinajstić information content (AvgIpc) is 1.68. The van der Waals surface area contributed by atoms with Crippen LogP contribution in [0.1, 0.15) is 0 Å². The van der Waals surface area contributed by atoms with E-state index in [1.54, 1.807) is 11.8 Å². The molecule has 5 heteroatoms. The second-order valence-corrected chi connectivity index (χ2v) is 1.58. The van der Waals surface area contributed by atoms with Crippen molar-refractivity contribution in [1.82, 2.24) is 5.59 Å². The zero-order valence-corrected chi connectivity index (χ0v) is 4.70. The number of nitrogens with one attached hydrogen (secondary N) is 1. The summed E-state index contributed by atoms with van der Waals surface area (Å²) in [6.45, 7) is 0. The Balaban J connectivity index is 3.29. The molecule has 0 aliphatic carbocycles. The van der Waals surface area contributed by atoms with Gasteiger partial charge >= 0.3 is 0 Å². The van der Waals surface area contributed by atoms with Crippen LogP contribution in [0.3, 0.4) is 0 Å². The molecule has 0 unspecified atom stereocenters. The first-order valence-electron chi connectivity index (χ1n) is 1.57. The van der Waals surface area contributed by atoms with Crippen molar-refractivity contribution in [2.75, 3.05) is 6.26 Å². The molecule has 0 rings (SSSR count). The van der Waals surface area contributed by atoms with E-state index in [1.165, 1.54) is 11.8 Å². The van der Waals surface area contributed by atoms with Crippen molar-refractivity contribution < 1.29 is 5.21 Å². The lowest BCUT2D eigenvalue weighted by molar-refractivity contribution is 0.172. The minimum Gasteiger partial charge on any atom is -0.377 e. The monoisotopic (exact) mass is 121 g/mol. The van der Waals surface area contributed by atoms with Crippen LogP contribution in [0, 0.1) is 0 Å². The Bertz CT molecular complexity index is 73.3. The third kappa shape index (κ3) is 3.41. The van der Waals surface area contributed by atoms with E-state index in [0.29, 0.717) is 5.17 Å². The summed E-state index contributed by atoms with van der Waals surface area (Å²) < 4.78 is 0. The first-order valence-corrected chi connectivity index (χ1v) is 2.80. The van der Waals surface area contributed by atoms with E-state index < -0.39 is 0 Å². The molecule has 0 heterocycles. The Kier molecular flexibility index (Phi) is 3.53. The van der Waals surface area contributed by atoms with Crippen molar-refractivity contribution in [2.45, 2.75) is 0 Å². The molecule has 0 aliphatic heterocycles. The molecule has 42 valence electrons. The summed E-state index contributed by atoms with van der Waals surface area (Å²) in [6, 6.07) is 0. The van der Waals surface area contributed by atoms with Crippen molar-refractivity contribution in [1.29, 1.82) is 0 Å². The lowest BCUT2D eigenvalue weighted by Gasteiger charge is -1.88. The molecular formula is C2H7N3OS. The predicted octanol–water partition coefficient (Wildman–Crippen LogP) is -0.442. The number of rotatable bonds is 1. The van der Waals surface area contributed by atoms with Crippen molar-refractivity contribution in [2.24, 2.45) is 10.8 Å². The molecule has 0 aromatic rings. The molecule has 0 aliphatic rings. The number of nitrogens with two attached hydrogens (primary N) is 1. The Labute approximate surface area is 45.7 Å². The molecule has 0 fully saturated rings. The molecule has 0 atom stereocenters. The van der Waals surface area contributed by atoms with Crippen LogP contribution in [0.5, 0.6) is 0 Å². The zero-order chi connectivity index (χ0) is 5.70. The number of amidine groups is 1. The van der Waals surface area contributed by atoms with E-state index in [1.807, 2.05) is 0 Å². The Morgan fingerprint density at radius 3 is 2.71 bits per heavy atom. The summed E-state index contributed by atoms with van der Waals surface area (Å²) in [5.74, 6) is 0. The summed E-state index contributed by atoms with van der Waals surface area (Å²) >= 11 is 1.25. The number of hydrogen-bond acceptors (Lipinski definition) is 4. The van der Waals surface area contributed by atoms with Gasteiger partial charge in [0, 0.05) is 0 Å². The number of thioether (sulfide) groups is 1. The standard InChI is InChI=1S/C2H7N3OS/c1-7-2(3)4-5-6/h5-6H,1H3,(H2,3,4). The van der Waals surface area contributed by atoms with Crippen molar-refractivity contribution in [3.05, 3.63) is 0 Å². The molecule has 0 amide bonds. The van der Waals surface area contributed by atoms with Gasteiger partial charge in [-0.25, -0.2) is 0 Å². The van der Waals surface area contributed by atoms with Gasteiger partial charge in [0.15, 0.2) is 5.17 Å². The van der Waals surface area contributed by atoms with Crippen molar-refractivity contribution >= 4 is 16.9 Å². The maximum atomic E-state index is 7.84. The van der Waals surface area contributed by atoms with Gasteiger partial charge in [0.2, 0.25) is 0 Å². The Hall–Kier alpha value is -0.420. The lowest BCUT2D eigenvalue weighted by Crippen LogP contribution is -2.10. The number of hydrazone groups is 1. The zero-order valence-electron chi connectivity index (χ0n) is 3.88. The summed E-state index contributed by atoms with van der Waals surface area (Å²) in [4.78, 5) is 0. The SMILES string of the molecule is CS/C(N)=N\NO. The first-order chi connectivity index (χ1) is 3.31. The van der Waals surface area contributed by atoms with Crippen LogP contribution in [-0.4, -0.2) is 16.6 Å². The normalized spacial score (nSPS) is 11.4.